The van der Waals surface area contributed by atoms with Gasteiger partial charge in [-0.25, -0.2) is 0 Å². The smallest absolute Gasteiger partial charge is 0.0870 e. The van der Waals surface area contributed by atoms with Gasteiger partial charge < -0.3 is 5.73 Å². The lowest BCUT2D eigenvalue weighted by molar-refractivity contribution is 0.304. The maximum Gasteiger partial charge on any atom is 0.0870 e. The topological polar surface area (TPSA) is 29.3 Å². The number of hydrogen-bond donors (Lipinski definition) is 1. The molecule has 0 amide bonds. The van der Waals surface area contributed by atoms with E-state index in [2.05, 4.69) is 49.9 Å². The molecule has 0 atom stereocenters. The van der Waals surface area contributed by atoms with Crippen molar-refractivity contribution in [3.8, 4) is 0 Å². The van der Waals surface area contributed by atoms with Gasteiger partial charge in [-0.1, -0.05) is 57.3 Å². The minimum atomic E-state index is 0.572. The standard InChI is InChI=1S/C15H24N2S/c1-4-9-17(11-15(16)18)10-13-5-7-14(8-6-13)12(2)3/h5-8,12H,4,9-11H2,1-3H3,(H2,16,18). The van der Waals surface area contributed by atoms with Gasteiger partial charge in [0.05, 0.1) is 4.99 Å². The van der Waals surface area contributed by atoms with Crippen LogP contribution in [0.3, 0.4) is 0 Å². The van der Waals surface area contributed by atoms with Crippen molar-refractivity contribution in [1.29, 1.82) is 0 Å². The molecule has 0 fully saturated rings. The number of rotatable bonds is 7. The van der Waals surface area contributed by atoms with Crippen molar-refractivity contribution in [2.24, 2.45) is 5.73 Å². The normalized spacial score (nSPS) is 11.2. The van der Waals surface area contributed by atoms with Crippen molar-refractivity contribution in [2.75, 3.05) is 13.1 Å². The predicted molar refractivity (Wildman–Crippen MR) is 82.9 cm³/mol. The Labute approximate surface area is 116 Å². The van der Waals surface area contributed by atoms with E-state index < -0.39 is 0 Å². The van der Waals surface area contributed by atoms with E-state index in [-0.39, 0.29) is 0 Å². The lowest BCUT2D eigenvalue weighted by atomic mass is 10.0. The monoisotopic (exact) mass is 264 g/mol. The zero-order valence-electron chi connectivity index (χ0n) is 11.6. The van der Waals surface area contributed by atoms with Gasteiger partial charge in [-0.3, -0.25) is 4.90 Å². The molecule has 100 valence electrons. The van der Waals surface area contributed by atoms with Crippen molar-refractivity contribution in [3.05, 3.63) is 35.4 Å². The van der Waals surface area contributed by atoms with Crippen LogP contribution < -0.4 is 5.73 Å². The molecule has 18 heavy (non-hydrogen) atoms. The Bertz CT molecular complexity index is 371. The molecule has 0 aliphatic carbocycles. The van der Waals surface area contributed by atoms with Gasteiger partial charge in [0.2, 0.25) is 0 Å². The third kappa shape index (κ3) is 5.15. The molecule has 1 rings (SSSR count). The fourth-order valence-electron chi connectivity index (χ4n) is 2.02. The summed E-state index contributed by atoms with van der Waals surface area (Å²) in [5.41, 5.74) is 8.34. The summed E-state index contributed by atoms with van der Waals surface area (Å²) in [7, 11) is 0. The summed E-state index contributed by atoms with van der Waals surface area (Å²) < 4.78 is 0. The van der Waals surface area contributed by atoms with E-state index in [9.17, 15) is 0 Å². The van der Waals surface area contributed by atoms with Crippen molar-refractivity contribution in [2.45, 2.75) is 39.7 Å². The van der Waals surface area contributed by atoms with Crippen LogP contribution in [0, 0.1) is 0 Å². The highest BCUT2D eigenvalue weighted by Gasteiger charge is 2.06. The first-order valence-electron chi connectivity index (χ1n) is 6.62. The second-order valence-electron chi connectivity index (χ2n) is 5.07. The van der Waals surface area contributed by atoms with E-state index in [0.717, 1.165) is 19.5 Å². The molecule has 0 aromatic heterocycles. The summed E-state index contributed by atoms with van der Waals surface area (Å²) in [5.74, 6) is 0.586. The molecule has 0 radical (unpaired) electrons. The summed E-state index contributed by atoms with van der Waals surface area (Å²) in [6.07, 6.45) is 1.12. The maximum atomic E-state index is 5.63. The van der Waals surface area contributed by atoms with Crippen LogP contribution in [0.1, 0.15) is 44.2 Å². The molecule has 0 heterocycles. The summed E-state index contributed by atoms with van der Waals surface area (Å²) in [6.45, 7) is 9.26. The highest BCUT2D eigenvalue weighted by Crippen LogP contribution is 2.15. The molecule has 0 unspecified atom stereocenters. The minimum Gasteiger partial charge on any atom is -0.392 e. The fraction of sp³-hybridized carbons (Fsp3) is 0.533. The average Bonchev–Trinajstić information content (AvgIpc) is 2.29. The van der Waals surface area contributed by atoms with E-state index in [0.29, 0.717) is 17.5 Å². The Morgan fingerprint density at radius 3 is 2.33 bits per heavy atom. The van der Waals surface area contributed by atoms with Crippen LogP contribution in [0.2, 0.25) is 0 Å². The minimum absolute atomic E-state index is 0.572. The number of benzene rings is 1. The lowest BCUT2D eigenvalue weighted by Crippen LogP contribution is -2.32. The van der Waals surface area contributed by atoms with E-state index in [4.69, 9.17) is 18.0 Å². The van der Waals surface area contributed by atoms with Gasteiger partial charge in [-0.2, -0.15) is 0 Å². The van der Waals surface area contributed by atoms with E-state index in [1.807, 2.05) is 0 Å². The van der Waals surface area contributed by atoms with Gasteiger partial charge in [0.1, 0.15) is 0 Å². The second kappa shape index (κ2) is 7.49. The Balaban J connectivity index is 2.65. The van der Waals surface area contributed by atoms with Crippen LogP contribution in [0.15, 0.2) is 24.3 Å². The Morgan fingerprint density at radius 2 is 1.89 bits per heavy atom. The average molecular weight is 264 g/mol. The Kier molecular flexibility index (Phi) is 6.30. The van der Waals surface area contributed by atoms with Crippen molar-refractivity contribution in [3.63, 3.8) is 0 Å². The Hall–Kier alpha value is -0.930. The van der Waals surface area contributed by atoms with Crippen LogP contribution in [-0.4, -0.2) is 23.0 Å². The third-order valence-electron chi connectivity index (χ3n) is 2.97. The first-order chi connectivity index (χ1) is 8.52. The molecular weight excluding hydrogens is 240 g/mol. The highest BCUT2D eigenvalue weighted by molar-refractivity contribution is 7.80. The molecule has 0 aliphatic rings. The number of nitrogens with two attached hydrogens (primary N) is 1. The van der Waals surface area contributed by atoms with Gasteiger partial charge in [-0.15, -0.1) is 0 Å². The quantitative estimate of drug-likeness (QED) is 0.766. The van der Waals surface area contributed by atoms with E-state index in [1.165, 1.54) is 11.1 Å². The Morgan fingerprint density at radius 1 is 1.28 bits per heavy atom. The van der Waals surface area contributed by atoms with Crippen LogP contribution >= 0.6 is 12.2 Å². The largest absolute Gasteiger partial charge is 0.392 e. The summed E-state index contributed by atoms with van der Waals surface area (Å²) >= 11 is 4.99. The van der Waals surface area contributed by atoms with Crippen LogP contribution in [0.4, 0.5) is 0 Å². The number of hydrogen-bond acceptors (Lipinski definition) is 2. The summed E-state index contributed by atoms with van der Waals surface area (Å²) in [5, 5.41) is 0. The molecule has 0 saturated heterocycles. The molecule has 0 aliphatic heterocycles. The zero-order chi connectivity index (χ0) is 13.5. The van der Waals surface area contributed by atoms with Crippen LogP contribution in [0.25, 0.3) is 0 Å². The zero-order valence-corrected chi connectivity index (χ0v) is 12.5. The van der Waals surface area contributed by atoms with E-state index >= 15 is 0 Å². The maximum absolute atomic E-state index is 5.63. The first kappa shape index (κ1) is 15.1. The SMILES string of the molecule is CCCN(CC(N)=S)Cc1ccc(C(C)C)cc1. The van der Waals surface area contributed by atoms with Gasteiger partial charge in [0.15, 0.2) is 0 Å². The number of nitrogens with zero attached hydrogens (tertiary/aromatic N) is 1. The van der Waals surface area contributed by atoms with E-state index in [1.54, 1.807) is 0 Å². The van der Waals surface area contributed by atoms with Crippen LogP contribution in [-0.2, 0) is 6.54 Å². The third-order valence-corrected chi connectivity index (χ3v) is 3.10. The highest BCUT2D eigenvalue weighted by atomic mass is 32.1. The fourth-order valence-corrected chi connectivity index (χ4v) is 2.20. The van der Waals surface area contributed by atoms with Gasteiger partial charge in [0.25, 0.3) is 0 Å². The summed E-state index contributed by atoms with van der Waals surface area (Å²) in [4.78, 5) is 2.87. The second-order valence-corrected chi connectivity index (χ2v) is 5.60. The van der Waals surface area contributed by atoms with Crippen LogP contribution in [0.5, 0.6) is 0 Å². The van der Waals surface area contributed by atoms with Crippen molar-refractivity contribution in [1.82, 2.24) is 4.90 Å². The number of thiocarbonyl (C=S) groups is 1. The molecule has 3 heteroatoms. The first-order valence-corrected chi connectivity index (χ1v) is 7.03. The molecule has 1 aromatic carbocycles. The molecule has 1 aromatic rings. The van der Waals surface area contributed by atoms with Gasteiger partial charge in [-0.05, 0) is 30.0 Å². The van der Waals surface area contributed by atoms with Crippen molar-refractivity contribution >= 4 is 17.2 Å². The molecule has 2 nitrogen and oxygen atoms in total. The van der Waals surface area contributed by atoms with Crippen molar-refractivity contribution < 1.29 is 0 Å². The molecule has 0 bridgehead atoms. The molecular formula is C15H24N2S. The molecule has 2 N–H and O–H groups in total. The van der Waals surface area contributed by atoms with Gasteiger partial charge in [0, 0.05) is 13.1 Å². The van der Waals surface area contributed by atoms with Gasteiger partial charge >= 0.3 is 0 Å². The summed E-state index contributed by atoms with van der Waals surface area (Å²) in [6, 6.07) is 8.84. The predicted octanol–water partition coefficient (Wildman–Crippen LogP) is 3.31. The lowest BCUT2D eigenvalue weighted by Gasteiger charge is -2.21. The molecule has 0 spiro atoms. The molecule has 0 saturated carbocycles.